The zero-order chi connectivity index (χ0) is 21.8. The van der Waals surface area contributed by atoms with Gasteiger partial charge in [0.05, 0.1) is 6.04 Å². The molecule has 7 heteroatoms. The molecule has 1 aromatic carbocycles. The molecule has 5 N–H and O–H groups in total. The van der Waals surface area contributed by atoms with Crippen molar-refractivity contribution in [2.75, 3.05) is 19.6 Å². The Kier molecular flexibility index (Phi) is 6.90. The summed E-state index contributed by atoms with van der Waals surface area (Å²) in [7, 11) is 0. The van der Waals surface area contributed by atoms with E-state index in [1.165, 1.54) is 25.7 Å². The Morgan fingerprint density at radius 1 is 1.10 bits per heavy atom. The number of nitrogens with two attached hydrogens (primary N) is 1. The van der Waals surface area contributed by atoms with E-state index in [0.29, 0.717) is 36.9 Å². The van der Waals surface area contributed by atoms with Crippen LogP contribution in [0, 0.1) is 17.2 Å². The number of benzene rings is 1. The van der Waals surface area contributed by atoms with E-state index in [2.05, 4.69) is 10.6 Å². The first-order valence-electron chi connectivity index (χ1n) is 11.8. The van der Waals surface area contributed by atoms with Gasteiger partial charge in [-0.15, -0.1) is 0 Å². The Morgan fingerprint density at radius 2 is 1.87 bits per heavy atom. The first-order valence-corrected chi connectivity index (χ1v) is 11.8. The van der Waals surface area contributed by atoms with Crippen LogP contribution in [0.3, 0.4) is 0 Å². The van der Waals surface area contributed by atoms with Crippen LogP contribution in [0.5, 0.6) is 0 Å². The molecule has 168 valence electrons. The molecule has 3 fully saturated rings. The fraction of sp³-hybridized carbons (Fsp3) is 0.625. The summed E-state index contributed by atoms with van der Waals surface area (Å²) in [5, 5.41) is 14.0. The fourth-order valence-electron chi connectivity index (χ4n) is 5.66. The van der Waals surface area contributed by atoms with Crippen LogP contribution in [-0.4, -0.2) is 54.3 Å². The van der Waals surface area contributed by atoms with Gasteiger partial charge < -0.3 is 21.3 Å². The monoisotopic (exact) mass is 425 g/mol. The van der Waals surface area contributed by atoms with Crippen molar-refractivity contribution >= 4 is 17.6 Å². The highest BCUT2D eigenvalue weighted by Gasteiger charge is 2.43. The quantitative estimate of drug-likeness (QED) is 0.411. The topological polar surface area (TPSA) is 111 Å². The van der Waals surface area contributed by atoms with Gasteiger partial charge in [0.2, 0.25) is 11.8 Å². The lowest BCUT2D eigenvalue weighted by Crippen LogP contribution is -2.58. The molecule has 7 nitrogen and oxygen atoms in total. The number of nitrogens with one attached hydrogen (secondary N) is 3. The number of nitrogen functional groups attached to an aromatic ring is 1. The zero-order valence-corrected chi connectivity index (χ0v) is 18.2. The minimum atomic E-state index is -0.349. The zero-order valence-electron chi connectivity index (χ0n) is 18.2. The number of piperidine rings is 1. The molecule has 3 aliphatic rings. The van der Waals surface area contributed by atoms with Crippen molar-refractivity contribution in [1.29, 1.82) is 5.41 Å². The first kappa shape index (κ1) is 21.8. The van der Waals surface area contributed by atoms with Crippen molar-refractivity contribution in [3.63, 3.8) is 0 Å². The van der Waals surface area contributed by atoms with Crippen molar-refractivity contribution in [1.82, 2.24) is 15.5 Å². The number of carbonyl (C=O) groups excluding carboxylic acids is 2. The molecule has 2 amide bonds. The van der Waals surface area contributed by atoms with Crippen LogP contribution in [-0.2, 0) is 16.0 Å². The van der Waals surface area contributed by atoms with Gasteiger partial charge in [0.25, 0.3) is 0 Å². The Bertz CT molecular complexity index is 807. The van der Waals surface area contributed by atoms with Crippen molar-refractivity contribution in [3.05, 3.63) is 35.4 Å². The molecule has 2 heterocycles. The van der Waals surface area contributed by atoms with E-state index in [4.69, 9.17) is 11.1 Å². The molecule has 1 unspecified atom stereocenters. The second kappa shape index (κ2) is 9.81. The largest absolute Gasteiger partial charge is 0.384 e. The van der Waals surface area contributed by atoms with E-state index in [0.717, 1.165) is 31.4 Å². The molecule has 4 rings (SSSR count). The lowest BCUT2D eigenvalue weighted by atomic mass is 9.71. The van der Waals surface area contributed by atoms with Crippen LogP contribution in [0.25, 0.3) is 0 Å². The molecule has 0 spiro atoms. The summed E-state index contributed by atoms with van der Waals surface area (Å²) in [6.45, 7) is 2.12. The molecular formula is C24H35N5O2. The van der Waals surface area contributed by atoms with Gasteiger partial charge in [-0.3, -0.25) is 15.0 Å². The number of likely N-dealkylation sites (tertiary alicyclic amines) is 1. The maximum Gasteiger partial charge on any atom is 0.242 e. The Balaban J connectivity index is 1.31. The summed E-state index contributed by atoms with van der Waals surface area (Å²) < 4.78 is 0. The Labute approximate surface area is 184 Å². The molecule has 1 aliphatic carbocycles. The SMILES string of the molecule is N=C(N)c1ccc(CCNC(=O)[C@@H]2CCCN2C(=O)C2NCC[C@@H]3CCCC[C@H]23)cc1. The first-order chi connectivity index (χ1) is 15.0. The highest BCUT2D eigenvalue weighted by molar-refractivity contribution is 5.94. The highest BCUT2D eigenvalue weighted by Crippen LogP contribution is 2.37. The lowest BCUT2D eigenvalue weighted by Gasteiger charge is -2.43. The maximum absolute atomic E-state index is 13.4. The van der Waals surface area contributed by atoms with Crippen molar-refractivity contribution in [3.8, 4) is 0 Å². The van der Waals surface area contributed by atoms with Crippen molar-refractivity contribution in [2.45, 2.75) is 63.5 Å². The van der Waals surface area contributed by atoms with Gasteiger partial charge >= 0.3 is 0 Å². The molecule has 0 bridgehead atoms. The van der Waals surface area contributed by atoms with E-state index in [1.807, 2.05) is 29.2 Å². The molecule has 2 saturated heterocycles. The van der Waals surface area contributed by atoms with Gasteiger partial charge in [0.15, 0.2) is 0 Å². The number of hydrogen-bond acceptors (Lipinski definition) is 4. The molecular weight excluding hydrogens is 390 g/mol. The van der Waals surface area contributed by atoms with E-state index in [9.17, 15) is 9.59 Å². The van der Waals surface area contributed by atoms with Crippen molar-refractivity contribution < 1.29 is 9.59 Å². The summed E-state index contributed by atoms with van der Waals surface area (Å²) in [5.74, 6) is 1.24. The van der Waals surface area contributed by atoms with E-state index < -0.39 is 0 Å². The number of rotatable bonds is 6. The Morgan fingerprint density at radius 3 is 2.65 bits per heavy atom. The summed E-state index contributed by atoms with van der Waals surface area (Å²) >= 11 is 0. The lowest BCUT2D eigenvalue weighted by molar-refractivity contribution is -0.142. The molecule has 1 aromatic rings. The number of carbonyl (C=O) groups is 2. The van der Waals surface area contributed by atoms with Crippen molar-refractivity contribution in [2.24, 2.45) is 17.6 Å². The predicted molar refractivity (Wildman–Crippen MR) is 121 cm³/mol. The normalized spacial score (nSPS) is 28.1. The Hall–Kier alpha value is -2.41. The predicted octanol–water partition coefficient (Wildman–Crippen LogP) is 1.79. The molecule has 4 atom stereocenters. The molecule has 31 heavy (non-hydrogen) atoms. The van der Waals surface area contributed by atoms with Crippen LogP contribution >= 0.6 is 0 Å². The smallest absolute Gasteiger partial charge is 0.242 e. The minimum absolute atomic E-state index is 0.0396. The van der Waals surface area contributed by atoms with Crippen LogP contribution in [0.15, 0.2) is 24.3 Å². The van der Waals surface area contributed by atoms with Crippen LogP contribution < -0.4 is 16.4 Å². The molecule has 2 aliphatic heterocycles. The third-order valence-electron chi connectivity index (χ3n) is 7.36. The van der Waals surface area contributed by atoms with Gasteiger partial charge in [-0.1, -0.05) is 43.5 Å². The minimum Gasteiger partial charge on any atom is -0.384 e. The number of nitrogens with zero attached hydrogens (tertiary/aromatic N) is 1. The van der Waals surface area contributed by atoms with Crippen LogP contribution in [0.2, 0.25) is 0 Å². The van der Waals surface area contributed by atoms with E-state index >= 15 is 0 Å². The van der Waals surface area contributed by atoms with Crippen LogP contribution in [0.1, 0.15) is 56.1 Å². The second-order valence-corrected chi connectivity index (χ2v) is 9.27. The fourth-order valence-corrected chi connectivity index (χ4v) is 5.66. The molecule has 0 aromatic heterocycles. The third kappa shape index (κ3) is 4.92. The van der Waals surface area contributed by atoms with Crippen LogP contribution in [0.4, 0.5) is 0 Å². The molecule has 1 saturated carbocycles. The number of amidine groups is 1. The van der Waals surface area contributed by atoms with Gasteiger partial charge in [-0.25, -0.2) is 0 Å². The third-order valence-corrected chi connectivity index (χ3v) is 7.36. The van der Waals surface area contributed by atoms with Gasteiger partial charge in [-0.05, 0) is 56.0 Å². The van der Waals surface area contributed by atoms with E-state index in [1.54, 1.807) is 0 Å². The second-order valence-electron chi connectivity index (χ2n) is 9.27. The number of amides is 2. The number of fused-ring (bicyclic) bond motifs is 1. The highest BCUT2D eigenvalue weighted by atomic mass is 16.2. The molecule has 0 radical (unpaired) electrons. The maximum atomic E-state index is 13.4. The average molecular weight is 426 g/mol. The average Bonchev–Trinajstić information content (AvgIpc) is 3.28. The summed E-state index contributed by atoms with van der Waals surface area (Å²) in [5.41, 5.74) is 7.27. The number of hydrogen-bond donors (Lipinski definition) is 4. The summed E-state index contributed by atoms with van der Waals surface area (Å²) in [6.07, 6.45) is 8.38. The van der Waals surface area contributed by atoms with Gasteiger partial charge in [0.1, 0.15) is 11.9 Å². The summed E-state index contributed by atoms with van der Waals surface area (Å²) in [6, 6.07) is 7.05. The van der Waals surface area contributed by atoms with E-state index in [-0.39, 0.29) is 29.7 Å². The van der Waals surface area contributed by atoms with Gasteiger partial charge in [0, 0.05) is 18.7 Å². The summed E-state index contributed by atoms with van der Waals surface area (Å²) in [4.78, 5) is 28.1. The standard InChI is InChI=1S/C24H35N5O2/c25-22(26)18-9-7-16(8-10-18)11-13-28-23(30)20-6-3-15-29(20)24(31)21-19-5-2-1-4-17(19)12-14-27-21/h7-10,17,19-21,27H,1-6,11-15H2,(H3,25,26)(H,28,30)/t17-,19-,20-,21?/m0/s1. The van der Waals surface area contributed by atoms with Gasteiger partial charge in [-0.2, -0.15) is 0 Å².